The fourth-order valence-corrected chi connectivity index (χ4v) is 3.31. The highest BCUT2D eigenvalue weighted by Crippen LogP contribution is 2.46. The maximum Gasteiger partial charge on any atom is 0.387 e. The number of ether oxygens (including phenoxy) is 1. The Morgan fingerprint density at radius 1 is 1.14 bits per heavy atom. The first-order valence-corrected chi connectivity index (χ1v) is 9.86. The van der Waals surface area contributed by atoms with Crippen LogP contribution < -0.4 is 15.4 Å². The number of halogens is 2. The predicted octanol–water partition coefficient (Wildman–Crippen LogP) is 3.68. The molecular formula is C22H27F2N3O2. The van der Waals surface area contributed by atoms with E-state index in [1.807, 2.05) is 13.0 Å². The number of hydrogen-bond donors (Lipinski definition) is 3. The fraction of sp³-hybridized carbons (Fsp3) is 0.409. The number of aliphatic imine (C=N–C) groups is 1. The molecule has 0 radical (unpaired) electrons. The zero-order valence-corrected chi connectivity index (χ0v) is 16.4. The summed E-state index contributed by atoms with van der Waals surface area (Å²) in [7, 11) is 0. The molecule has 0 amide bonds. The number of nitrogens with zero attached hydrogens (tertiary/aromatic N) is 1. The summed E-state index contributed by atoms with van der Waals surface area (Å²) in [6.07, 6.45) is 0.329. The lowest BCUT2D eigenvalue weighted by molar-refractivity contribution is -0.0498. The van der Waals surface area contributed by atoms with E-state index in [1.165, 1.54) is 17.7 Å². The Hall–Kier alpha value is -2.67. The van der Waals surface area contributed by atoms with Gasteiger partial charge in [-0.05, 0) is 48.4 Å². The Labute approximate surface area is 169 Å². The molecular weight excluding hydrogens is 376 g/mol. The maximum absolute atomic E-state index is 12.2. The van der Waals surface area contributed by atoms with Crippen LogP contribution in [0.15, 0.2) is 59.6 Å². The van der Waals surface area contributed by atoms with Crippen LogP contribution in [0.5, 0.6) is 5.75 Å². The lowest BCUT2D eigenvalue weighted by Crippen LogP contribution is -2.38. The van der Waals surface area contributed by atoms with Gasteiger partial charge in [0.2, 0.25) is 0 Å². The Morgan fingerprint density at radius 3 is 2.52 bits per heavy atom. The highest BCUT2D eigenvalue weighted by molar-refractivity contribution is 5.79. The van der Waals surface area contributed by atoms with Crippen LogP contribution in [-0.2, 0) is 0 Å². The van der Waals surface area contributed by atoms with Crippen molar-refractivity contribution in [3.63, 3.8) is 0 Å². The number of alkyl halides is 2. The molecule has 7 heteroatoms. The summed E-state index contributed by atoms with van der Waals surface area (Å²) >= 11 is 0. The van der Waals surface area contributed by atoms with Gasteiger partial charge in [0.15, 0.2) is 5.96 Å². The van der Waals surface area contributed by atoms with Crippen LogP contribution in [0.3, 0.4) is 0 Å². The van der Waals surface area contributed by atoms with Crippen molar-refractivity contribution >= 4 is 5.96 Å². The van der Waals surface area contributed by atoms with Gasteiger partial charge in [-0.1, -0.05) is 42.5 Å². The van der Waals surface area contributed by atoms with E-state index in [0.29, 0.717) is 29.9 Å². The molecule has 0 bridgehead atoms. The molecule has 3 atom stereocenters. The molecule has 1 aliphatic carbocycles. The second kappa shape index (κ2) is 10.2. The van der Waals surface area contributed by atoms with Crippen LogP contribution in [0.25, 0.3) is 0 Å². The summed E-state index contributed by atoms with van der Waals surface area (Å²) in [5.74, 6) is 1.88. The van der Waals surface area contributed by atoms with Gasteiger partial charge in [-0.2, -0.15) is 8.78 Å². The van der Waals surface area contributed by atoms with E-state index >= 15 is 0 Å². The minimum Gasteiger partial charge on any atom is -0.435 e. The minimum atomic E-state index is -2.86. The van der Waals surface area contributed by atoms with Gasteiger partial charge in [0.25, 0.3) is 0 Å². The minimum absolute atomic E-state index is 0.0619. The van der Waals surface area contributed by atoms with Crippen molar-refractivity contribution in [1.29, 1.82) is 0 Å². The number of nitrogens with one attached hydrogen (secondary N) is 2. The molecule has 0 saturated heterocycles. The average Bonchev–Trinajstić information content (AvgIpc) is 3.50. The van der Waals surface area contributed by atoms with E-state index in [-0.39, 0.29) is 12.3 Å². The second-order valence-corrected chi connectivity index (χ2v) is 7.08. The first kappa shape index (κ1) is 21.0. The summed E-state index contributed by atoms with van der Waals surface area (Å²) in [6.45, 7) is 0.823. The number of aliphatic hydroxyl groups excluding tert-OH is 1. The molecule has 0 spiro atoms. The number of benzene rings is 2. The van der Waals surface area contributed by atoms with Gasteiger partial charge in [0.05, 0.1) is 12.6 Å². The van der Waals surface area contributed by atoms with Gasteiger partial charge in [-0.15, -0.1) is 0 Å². The van der Waals surface area contributed by atoms with E-state index < -0.39 is 12.7 Å². The van der Waals surface area contributed by atoms with Crippen molar-refractivity contribution in [2.24, 2.45) is 10.9 Å². The smallest absolute Gasteiger partial charge is 0.387 e. The van der Waals surface area contributed by atoms with E-state index in [4.69, 9.17) is 0 Å². The van der Waals surface area contributed by atoms with Crippen molar-refractivity contribution in [3.8, 4) is 5.75 Å². The molecule has 0 heterocycles. The molecule has 1 saturated carbocycles. The Bertz CT molecular complexity index is 784. The normalized spacial score (nSPS) is 19.7. The lowest BCUT2D eigenvalue weighted by Gasteiger charge is -2.14. The third-order valence-corrected chi connectivity index (χ3v) is 4.94. The summed E-state index contributed by atoms with van der Waals surface area (Å²) in [4.78, 5) is 4.45. The molecule has 2 aromatic carbocycles. The molecule has 1 fully saturated rings. The van der Waals surface area contributed by atoms with Crippen LogP contribution in [0.1, 0.15) is 36.5 Å². The van der Waals surface area contributed by atoms with E-state index in [0.717, 1.165) is 13.0 Å². The SMILES string of the molecule is CCNC(=NCC(O)c1ccc(OC(F)F)cc1)NCC1CC1c1ccccc1. The second-order valence-electron chi connectivity index (χ2n) is 7.08. The zero-order valence-electron chi connectivity index (χ0n) is 16.4. The number of aliphatic hydroxyl groups is 1. The average molecular weight is 403 g/mol. The number of hydrogen-bond acceptors (Lipinski definition) is 3. The largest absolute Gasteiger partial charge is 0.435 e. The molecule has 2 aromatic rings. The monoisotopic (exact) mass is 403 g/mol. The van der Waals surface area contributed by atoms with Crippen molar-refractivity contribution in [3.05, 3.63) is 65.7 Å². The highest BCUT2D eigenvalue weighted by Gasteiger charge is 2.37. The molecule has 156 valence electrons. The standard InChI is InChI=1S/C22H27F2N3O2/c1-2-25-22(26-13-17-12-19(17)15-6-4-3-5-7-15)27-14-20(28)16-8-10-18(11-9-16)29-21(23)24/h3-11,17,19-21,28H,2,12-14H2,1H3,(H2,25,26,27). The third kappa shape index (κ3) is 6.42. The quantitative estimate of drug-likeness (QED) is 0.441. The van der Waals surface area contributed by atoms with Gasteiger partial charge in [-0.3, -0.25) is 4.99 Å². The molecule has 0 aromatic heterocycles. The molecule has 29 heavy (non-hydrogen) atoms. The first-order chi connectivity index (χ1) is 14.1. The van der Waals surface area contributed by atoms with Crippen LogP contribution in [0, 0.1) is 5.92 Å². The zero-order chi connectivity index (χ0) is 20.6. The summed E-state index contributed by atoms with van der Waals surface area (Å²) in [6, 6.07) is 16.4. The van der Waals surface area contributed by atoms with Crippen LogP contribution in [0.4, 0.5) is 8.78 Å². The number of rotatable bonds is 9. The summed E-state index contributed by atoms with van der Waals surface area (Å²) < 4.78 is 28.7. The van der Waals surface area contributed by atoms with Crippen LogP contribution in [0.2, 0.25) is 0 Å². The molecule has 3 unspecified atom stereocenters. The lowest BCUT2D eigenvalue weighted by atomic mass is 10.1. The van der Waals surface area contributed by atoms with Crippen LogP contribution in [-0.4, -0.2) is 37.3 Å². The van der Waals surface area contributed by atoms with E-state index in [2.05, 4.69) is 44.6 Å². The van der Waals surface area contributed by atoms with Gasteiger partial charge < -0.3 is 20.5 Å². The Morgan fingerprint density at radius 2 is 1.86 bits per heavy atom. The van der Waals surface area contributed by atoms with E-state index in [9.17, 15) is 13.9 Å². The van der Waals surface area contributed by atoms with Crippen LogP contribution >= 0.6 is 0 Å². The highest BCUT2D eigenvalue weighted by atomic mass is 19.3. The van der Waals surface area contributed by atoms with Gasteiger partial charge in [0, 0.05) is 13.1 Å². The predicted molar refractivity (Wildman–Crippen MR) is 109 cm³/mol. The number of guanidine groups is 1. The molecule has 1 aliphatic rings. The van der Waals surface area contributed by atoms with Crippen molar-refractivity contribution in [2.45, 2.75) is 32.0 Å². The maximum atomic E-state index is 12.2. The Balaban J connectivity index is 1.49. The third-order valence-electron chi connectivity index (χ3n) is 4.94. The van der Waals surface area contributed by atoms with Crippen molar-refractivity contribution in [2.75, 3.05) is 19.6 Å². The molecule has 0 aliphatic heterocycles. The summed E-state index contributed by atoms with van der Waals surface area (Å²) in [5, 5.41) is 16.9. The van der Waals surface area contributed by atoms with Gasteiger partial charge in [-0.25, -0.2) is 0 Å². The Kier molecular flexibility index (Phi) is 7.41. The summed E-state index contributed by atoms with van der Waals surface area (Å²) in [5.41, 5.74) is 1.97. The van der Waals surface area contributed by atoms with Gasteiger partial charge >= 0.3 is 6.61 Å². The topological polar surface area (TPSA) is 65.9 Å². The van der Waals surface area contributed by atoms with Gasteiger partial charge in [0.1, 0.15) is 5.75 Å². The fourth-order valence-electron chi connectivity index (χ4n) is 3.31. The van der Waals surface area contributed by atoms with E-state index in [1.54, 1.807) is 12.1 Å². The van der Waals surface area contributed by atoms with Crippen molar-refractivity contribution in [1.82, 2.24) is 10.6 Å². The molecule has 3 N–H and O–H groups in total. The molecule has 3 rings (SSSR count). The van der Waals surface area contributed by atoms with Crippen molar-refractivity contribution < 1.29 is 18.6 Å². The first-order valence-electron chi connectivity index (χ1n) is 9.86. The molecule has 5 nitrogen and oxygen atoms in total.